The number of nitrogens with zero attached hydrogens (tertiary/aromatic N) is 1. The fraction of sp³-hybridized carbons (Fsp3) is 0.261. The van der Waals surface area contributed by atoms with Crippen LogP contribution < -0.4 is 15.4 Å². The zero-order chi connectivity index (χ0) is 21.7. The van der Waals surface area contributed by atoms with Gasteiger partial charge in [-0.3, -0.25) is 9.59 Å². The summed E-state index contributed by atoms with van der Waals surface area (Å²) in [7, 11) is 0. The average Bonchev–Trinajstić information content (AvgIpc) is 3.06. The lowest BCUT2D eigenvalue weighted by molar-refractivity contribution is -0.134. The number of thiazole rings is 1. The molecule has 0 aliphatic rings. The van der Waals surface area contributed by atoms with Crippen molar-refractivity contribution in [2.75, 3.05) is 17.2 Å². The molecule has 7 heteroatoms. The lowest BCUT2D eigenvalue weighted by atomic mass is 10.1. The van der Waals surface area contributed by atoms with Gasteiger partial charge in [-0.05, 0) is 51.0 Å². The second kappa shape index (κ2) is 9.54. The first-order valence-corrected chi connectivity index (χ1v) is 10.5. The molecule has 6 nitrogen and oxygen atoms in total. The smallest absolute Gasteiger partial charge is 0.312 e. The molecule has 156 valence electrons. The zero-order valence-electron chi connectivity index (χ0n) is 17.5. The molecule has 0 atom stereocenters. The Kier molecular flexibility index (Phi) is 6.84. The summed E-state index contributed by atoms with van der Waals surface area (Å²) < 4.78 is 5.26. The number of aryl methyl sites for hydroxylation is 4. The fourth-order valence-corrected chi connectivity index (χ4v) is 4.06. The minimum atomic E-state index is -0.328. The molecule has 1 amide bonds. The highest BCUT2D eigenvalue weighted by molar-refractivity contribution is 7.17. The summed E-state index contributed by atoms with van der Waals surface area (Å²) in [6.07, 6.45) is 0.191. The molecule has 3 aromatic rings. The summed E-state index contributed by atoms with van der Waals surface area (Å²) in [6.45, 7) is 8.17. The maximum Gasteiger partial charge on any atom is 0.312 e. The Morgan fingerprint density at radius 2 is 1.70 bits per heavy atom. The Hall–Kier alpha value is -3.19. The molecule has 0 saturated heterocycles. The van der Waals surface area contributed by atoms with Crippen LogP contribution in [0.4, 0.5) is 10.8 Å². The molecule has 30 heavy (non-hydrogen) atoms. The van der Waals surface area contributed by atoms with E-state index in [1.54, 1.807) is 19.1 Å². The third-order valence-corrected chi connectivity index (χ3v) is 5.61. The van der Waals surface area contributed by atoms with Gasteiger partial charge in [-0.25, -0.2) is 4.98 Å². The van der Waals surface area contributed by atoms with Crippen LogP contribution in [0.3, 0.4) is 0 Å². The van der Waals surface area contributed by atoms with Crippen LogP contribution in [-0.2, 0) is 4.79 Å². The van der Waals surface area contributed by atoms with Crippen LogP contribution in [0.25, 0.3) is 0 Å². The quantitative estimate of drug-likeness (QED) is 0.411. The number of hydrogen-bond donors (Lipinski definition) is 2. The van der Waals surface area contributed by atoms with Crippen LogP contribution in [0.1, 0.15) is 38.5 Å². The zero-order valence-corrected chi connectivity index (χ0v) is 18.4. The first-order chi connectivity index (χ1) is 14.3. The van der Waals surface area contributed by atoms with Gasteiger partial charge in [0.15, 0.2) is 5.13 Å². The lowest BCUT2D eigenvalue weighted by Gasteiger charge is -2.12. The van der Waals surface area contributed by atoms with E-state index in [1.807, 2.05) is 51.1 Å². The van der Waals surface area contributed by atoms with E-state index in [0.29, 0.717) is 28.0 Å². The molecule has 1 aromatic heterocycles. The van der Waals surface area contributed by atoms with E-state index in [4.69, 9.17) is 4.74 Å². The number of nitrogens with one attached hydrogen (secondary N) is 2. The van der Waals surface area contributed by atoms with Crippen molar-refractivity contribution in [1.29, 1.82) is 0 Å². The maximum absolute atomic E-state index is 12.8. The lowest BCUT2D eigenvalue weighted by Crippen LogP contribution is -2.14. The molecule has 0 radical (unpaired) electrons. The molecule has 0 bridgehead atoms. The van der Waals surface area contributed by atoms with Crippen LogP contribution in [0, 0.1) is 27.7 Å². The Morgan fingerprint density at radius 1 is 1.03 bits per heavy atom. The molecule has 1 heterocycles. The Morgan fingerprint density at radius 3 is 2.37 bits per heavy atom. The Bertz CT molecular complexity index is 1040. The van der Waals surface area contributed by atoms with Gasteiger partial charge in [-0.15, -0.1) is 0 Å². The van der Waals surface area contributed by atoms with Gasteiger partial charge in [-0.2, -0.15) is 0 Å². The Labute approximate surface area is 180 Å². The van der Waals surface area contributed by atoms with Crippen molar-refractivity contribution in [1.82, 2.24) is 4.98 Å². The van der Waals surface area contributed by atoms with Crippen molar-refractivity contribution in [3.05, 3.63) is 69.7 Å². The van der Waals surface area contributed by atoms with Crippen molar-refractivity contribution in [3.8, 4) is 5.75 Å². The predicted molar refractivity (Wildman–Crippen MR) is 121 cm³/mol. The normalized spacial score (nSPS) is 10.5. The van der Waals surface area contributed by atoms with Gasteiger partial charge < -0.3 is 15.4 Å². The summed E-state index contributed by atoms with van der Waals surface area (Å²) >= 11 is 1.27. The van der Waals surface area contributed by atoms with Gasteiger partial charge in [0, 0.05) is 12.2 Å². The number of carbonyl (C=O) groups is 2. The molecular weight excluding hydrogens is 398 g/mol. The molecular formula is C23H25N3O3S. The van der Waals surface area contributed by atoms with E-state index in [1.165, 1.54) is 11.3 Å². The van der Waals surface area contributed by atoms with E-state index in [9.17, 15) is 9.59 Å². The van der Waals surface area contributed by atoms with E-state index in [0.717, 1.165) is 22.4 Å². The highest BCUT2D eigenvalue weighted by Gasteiger charge is 2.17. The van der Waals surface area contributed by atoms with Crippen molar-refractivity contribution in [3.63, 3.8) is 0 Å². The van der Waals surface area contributed by atoms with E-state index < -0.39 is 0 Å². The monoisotopic (exact) mass is 423 g/mol. The number of carbonyl (C=O) groups excluding carboxylic acids is 2. The summed E-state index contributed by atoms with van der Waals surface area (Å²) in [6, 6.07) is 13.0. The standard InChI is InChI=1S/C23H25N3O3S/c1-14-12-15(2)20(16(3)13-14)26-22(28)21-17(4)25-23(30-21)24-11-10-19(27)29-18-8-6-5-7-9-18/h5-9,12-13H,10-11H2,1-4H3,(H,24,25)(H,26,28). The molecule has 0 aliphatic heterocycles. The Balaban J connectivity index is 1.57. The summed E-state index contributed by atoms with van der Waals surface area (Å²) in [4.78, 5) is 29.7. The number of para-hydroxylation sites is 1. The van der Waals surface area contributed by atoms with Crippen LogP contribution in [0.5, 0.6) is 5.75 Å². The number of anilines is 2. The molecule has 0 fully saturated rings. The predicted octanol–water partition coefficient (Wildman–Crippen LogP) is 5.04. The van der Waals surface area contributed by atoms with Gasteiger partial charge in [-0.1, -0.05) is 47.2 Å². The number of rotatable bonds is 7. The van der Waals surface area contributed by atoms with Crippen molar-refractivity contribution in [2.24, 2.45) is 0 Å². The van der Waals surface area contributed by atoms with E-state index >= 15 is 0 Å². The molecule has 0 saturated carbocycles. The summed E-state index contributed by atoms with van der Waals surface area (Å²) in [5.41, 5.74) is 4.69. The molecule has 0 unspecified atom stereocenters. The molecule has 2 N–H and O–H groups in total. The second-order valence-electron chi connectivity index (χ2n) is 7.13. The van der Waals surface area contributed by atoms with Gasteiger partial charge in [0.25, 0.3) is 5.91 Å². The van der Waals surface area contributed by atoms with Gasteiger partial charge in [0.1, 0.15) is 10.6 Å². The fourth-order valence-electron chi connectivity index (χ4n) is 3.17. The van der Waals surface area contributed by atoms with Crippen LogP contribution >= 0.6 is 11.3 Å². The third kappa shape index (κ3) is 5.45. The minimum absolute atomic E-state index is 0.184. The first-order valence-electron chi connectivity index (χ1n) is 9.69. The molecule has 3 rings (SSSR count). The average molecular weight is 424 g/mol. The van der Waals surface area contributed by atoms with Crippen LogP contribution in [-0.4, -0.2) is 23.4 Å². The number of amides is 1. The van der Waals surface area contributed by atoms with Crippen LogP contribution in [0.2, 0.25) is 0 Å². The number of ether oxygens (including phenoxy) is 1. The topological polar surface area (TPSA) is 80.3 Å². The van der Waals surface area contributed by atoms with Crippen molar-refractivity contribution >= 4 is 34.0 Å². The van der Waals surface area contributed by atoms with Crippen LogP contribution in [0.15, 0.2) is 42.5 Å². The minimum Gasteiger partial charge on any atom is -0.426 e. The maximum atomic E-state index is 12.8. The van der Waals surface area contributed by atoms with Gasteiger partial charge >= 0.3 is 5.97 Å². The van der Waals surface area contributed by atoms with E-state index in [-0.39, 0.29) is 18.3 Å². The number of aromatic nitrogens is 1. The largest absolute Gasteiger partial charge is 0.426 e. The number of benzene rings is 2. The SMILES string of the molecule is Cc1cc(C)c(NC(=O)c2sc(NCCC(=O)Oc3ccccc3)nc2C)c(C)c1. The summed E-state index contributed by atoms with van der Waals surface area (Å²) in [5.74, 6) is 0.00935. The highest BCUT2D eigenvalue weighted by atomic mass is 32.1. The number of hydrogen-bond acceptors (Lipinski definition) is 6. The molecule has 0 aliphatic carbocycles. The summed E-state index contributed by atoms with van der Waals surface area (Å²) in [5, 5.41) is 6.71. The van der Waals surface area contributed by atoms with Gasteiger partial charge in [0.05, 0.1) is 12.1 Å². The molecule has 0 spiro atoms. The molecule has 2 aromatic carbocycles. The van der Waals surface area contributed by atoms with E-state index in [2.05, 4.69) is 15.6 Å². The second-order valence-corrected chi connectivity index (χ2v) is 8.12. The third-order valence-electron chi connectivity index (χ3n) is 4.50. The van der Waals surface area contributed by atoms with Crippen molar-refractivity contribution < 1.29 is 14.3 Å². The first kappa shape index (κ1) is 21.5. The number of esters is 1. The van der Waals surface area contributed by atoms with Crippen molar-refractivity contribution in [2.45, 2.75) is 34.1 Å². The van der Waals surface area contributed by atoms with Gasteiger partial charge in [0.2, 0.25) is 0 Å². The highest BCUT2D eigenvalue weighted by Crippen LogP contribution is 2.26.